The molecule has 0 radical (unpaired) electrons. The second-order valence-electron chi connectivity index (χ2n) is 5.76. The molecular formula is C19H20N2OS2. The van der Waals surface area contributed by atoms with Crippen LogP contribution < -0.4 is 5.32 Å². The van der Waals surface area contributed by atoms with E-state index in [1.54, 1.807) is 17.6 Å². The van der Waals surface area contributed by atoms with Crippen molar-refractivity contribution in [2.45, 2.75) is 26.9 Å². The second kappa shape index (κ2) is 7.64. The van der Waals surface area contributed by atoms with E-state index in [0.717, 1.165) is 18.0 Å². The summed E-state index contributed by atoms with van der Waals surface area (Å²) in [6.07, 6.45) is 1.69. The Hall–Kier alpha value is -2.11. The third kappa shape index (κ3) is 4.24. The van der Waals surface area contributed by atoms with Crippen molar-refractivity contribution in [1.29, 1.82) is 0 Å². The van der Waals surface area contributed by atoms with Gasteiger partial charge in [0.15, 0.2) is 5.11 Å². The summed E-state index contributed by atoms with van der Waals surface area (Å²) in [4.78, 5) is 3.40. The lowest BCUT2D eigenvalue weighted by molar-refractivity contribution is 0.362. The van der Waals surface area contributed by atoms with Gasteiger partial charge in [0, 0.05) is 10.6 Å². The zero-order valence-corrected chi connectivity index (χ0v) is 15.4. The molecule has 0 amide bonds. The van der Waals surface area contributed by atoms with Gasteiger partial charge in [0.2, 0.25) is 0 Å². The van der Waals surface area contributed by atoms with Gasteiger partial charge < -0.3 is 14.6 Å². The first kappa shape index (κ1) is 16.7. The third-order valence-electron chi connectivity index (χ3n) is 3.78. The average Bonchev–Trinajstić information content (AvgIpc) is 3.24. The summed E-state index contributed by atoms with van der Waals surface area (Å²) >= 11 is 7.42. The molecule has 24 heavy (non-hydrogen) atoms. The maximum absolute atomic E-state index is 5.68. The van der Waals surface area contributed by atoms with E-state index in [1.165, 1.54) is 16.0 Å². The molecule has 0 atom stereocenters. The number of nitrogens with zero attached hydrogens (tertiary/aromatic N) is 1. The lowest BCUT2D eigenvalue weighted by Gasteiger charge is -2.25. The van der Waals surface area contributed by atoms with Crippen LogP contribution in [0.15, 0.2) is 58.5 Å². The molecule has 1 aromatic carbocycles. The van der Waals surface area contributed by atoms with Crippen LogP contribution in [0.25, 0.3) is 0 Å². The molecule has 0 aliphatic carbocycles. The molecule has 1 N–H and O–H groups in total. The highest BCUT2D eigenvalue weighted by molar-refractivity contribution is 7.80. The number of thiocarbonyl (C=S) groups is 1. The zero-order valence-electron chi connectivity index (χ0n) is 13.8. The van der Waals surface area contributed by atoms with E-state index < -0.39 is 0 Å². The molecule has 0 saturated carbocycles. The molecule has 0 spiro atoms. The van der Waals surface area contributed by atoms with Gasteiger partial charge in [-0.15, -0.1) is 11.3 Å². The molecule has 2 heterocycles. The molecule has 3 rings (SSSR count). The number of furan rings is 1. The van der Waals surface area contributed by atoms with Gasteiger partial charge in [-0.25, -0.2) is 0 Å². The standard InChI is InChI=1S/C19H20N2OS2/c1-14-7-8-15(2)18(11-14)20-19(23)21(12-16-5-3-9-22-16)13-17-6-4-10-24-17/h3-11H,12-13H2,1-2H3,(H,20,23). The highest BCUT2D eigenvalue weighted by atomic mass is 32.1. The Bertz CT molecular complexity index is 759. The lowest BCUT2D eigenvalue weighted by Crippen LogP contribution is -2.33. The zero-order chi connectivity index (χ0) is 16.9. The molecule has 3 nitrogen and oxygen atoms in total. The molecule has 0 saturated heterocycles. The Morgan fingerprint density at radius 3 is 2.75 bits per heavy atom. The van der Waals surface area contributed by atoms with Gasteiger partial charge in [0.25, 0.3) is 0 Å². The van der Waals surface area contributed by atoms with Crippen molar-refractivity contribution in [2.24, 2.45) is 0 Å². The summed E-state index contributed by atoms with van der Waals surface area (Å²) < 4.78 is 5.50. The molecule has 0 bridgehead atoms. The number of thiophene rings is 1. The average molecular weight is 357 g/mol. The van der Waals surface area contributed by atoms with E-state index in [2.05, 4.69) is 59.8 Å². The Kier molecular flexibility index (Phi) is 5.33. The fourth-order valence-corrected chi connectivity index (χ4v) is 3.40. The largest absolute Gasteiger partial charge is 0.467 e. The second-order valence-corrected chi connectivity index (χ2v) is 7.18. The summed E-state index contributed by atoms with van der Waals surface area (Å²) in [5.74, 6) is 0.900. The molecule has 0 aliphatic heterocycles. The molecule has 0 unspecified atom stereocenters. The van der Waals surface area contributed by atoms with Crippen LogP contribution in [0.2, 0.25) is 0 Å². The van der Waals surface area contributed by atoms with Gasteiger partial charge >= 0.3 is 0 Å². The Labute approximate surface area is 151 Å². The summed E-state index contributed by atoms with van der Waals surface area (Å²) in [7, 11) is 0. The number of nitrogens with one attached hydrogen (secondary N) is 1. The smallest absolute Gasteiger partial charge is 0.174 e. The quantitative estimate of drug-likeness (QED) is 0.623. The van der Waals surface area contributed by atoms with E-state index in [1.807, 2.05) is 12.1 Å². The van der Waals surface area contributed by atoms with E-state index in [-0.39, 0.29) is 0 Å². The minimum atomic E-state index is 0.640. The van der Waals surface area contributed by atoms with E-state index >= 15 is 0 Å². The molecule has 5 heteroatoms. The predicted molar refractivity (Wildman–Crippen MR) is 104 cm³/mol. The van der Waals surface area contributed by atoms with Crippen molar-refractivity contribution in [3.8, 4) is 0 Å². The number of aryl methyl sites for hydroxylation is 2. The maximum atomic E-state index is 5.68. The van der Waals surface area contributed by atoms with Gasteiger partial charge in [0.05, 0.1) is 19.4 Å². The van der Waals surface area contributed by atoms with Crippen molar-refractivity contribution in [2.75, 3.05) is 5.32 Å². The first-order chi connectivity index (χ1) is 11.6. The molecule has 124 valence electrons. The summed E-state index contributed by atoms with van der Waals surface area (Å²) in [6.45, 7) is 5.57. The highest BCUT2D eigenvalue weighted by Gasteiger charge is 2.14. The summed E-state index contributed by atoms with van der Waals surface area (Å²) in [5, 5.41) is 6.18. The Balaban J connectivity index is 1.78. The van der Waals surface area contributed by atoms with Crippen LogP contribution in [-0.4, -0.2) is 10.0 Å². The summed E-state index contributed by atoms with van der Waals surface area (Å²) in [6, 6.07) is 14.4. The fourth-order valence-electron chi connectivity index (χ4n) is 2.45. The third-order valence-corrected chi connectivity index (χ3v) is 5.00. The molecule has 3 aromatic rings. The molecule has 0 aliphatic rings. The van der Waals surface area contributed by atoms with Gasteiger partial charge in [0.1, 0.15) is 5.76 Å². The molecule has 2 aromatic heterocycles. The van der Waals surface area contributed by atoms with E-state index in [0.29, 0.717) is 11.7 Å². The van der Waals surface area contributed by atoms with Gasteiger partial charge in [-0.1, -0.05) is 18.2 Å². The maximum Gasteiger partial charge on any atom is 0.174 e. The first-order valence-electron chi connectivity index (χ1n) is 7.80. The molecule has 0 fully saturated rings. The Morgan fingerprint density at radius 2 is 2.04 bits per heavy atom. The lowest BCUT2D eigenvalue weighted by atomic mass is 10.1. The minimum Gasteiger partial charge on any atom is -0.467 e. The Morgan fingerprint density at radius 1 is 1.17 bits per heavy atom. The monoisotopic (exact) mass is 356 g/mol. The van der Waals surface area contributed by atoms with Crippen LogP contribution in [-0.2, 0) is 13.1 Å². The van der Waals surface area contributed by atoms with E-state index in [9.17, 15) is 0 Å². The van der Waals surface area contributed by atoms with Crippen LogP contribution in [0.5, 0.6) is 0 Å². The van der Waals surface area contributed by atoms with Crippen molar-refractivity contribution in [1.82, 2.24) is 4.90 Å². The van der Waals surface area contributed by atoms with Crippen LogP contribution in [0.3, 0.4) is 0 Å². The fraction of sp³-hybridized carbons (Fsp3) is 0.211. The SMILES string of the molecule is Cc1ccc(C)c(NC(=S)N(Cc2ccco2)Cc2cccs2)c1. The van der Waals surface area contributed by atoms with Crippen molar-refractivity contribution < 1.29 is 4.42 Å². The van der Waals surface area contributed by atoms with Crippen LogP contribution in [0.4, 0.5) is 5.69 Å². The minimum absolute atomic E-state index is 0.640. The van der Waals surface area contributed by atoms with Crippen molar-refractivity contribution in [3.63, 3.8) is 0 Å². The summed E-state index contributed by atoms with van der Waals surface area (Å²) in [5.41, 5.74) is 3.44. The van der Waals surface area contributed by atoms with E-state index in [4.69, 9.17) is 16.6 Å². The number of benzene rings is 1. The number of anilines is 1. The van der Waals surface area contributed by atoms with Crippen LogP contribution in [0.1, 0.15) is 21.8 Å². The van der Waals surface area contributed by atoms with Crippen LogP contribution in [0, 0.1) is 13.8 Å². The number of hydrogen-bond acceptors (Lipinski definition) is 3. The van der Waals surface area contributed by atoms with Gasteiger partial charge in [-0.2, -0.15) is 0 Å². The highest BCUT2D eigenvalue weighted by Crippen LogP contribution is 2.20. The molecular weight excluding hydrogens is 336 g/mol. The predicted octanol–water partition coefficient (Wildman–Crippen LogP) is 5.36. The normalized spacial score (nSPS) is 10.6. The van der Waals surface area contributed by atoms with Gasteiger partial charge in [-0.3, -0.25) is 0 Å². The topological polar surface area (TPSA) is 28.4 Å². The van der Waals surface area contributed by atoms with Crippen molar-refractivity contribution in [3.05, 3.63) is 75.9 Å². The van der Waals surface area contributed by atoms with Gasteiger partial charge in [-0.05, 0) is 66.8 Å². The number of rotatable bonds is 5. The van der Waals surface area contributed by atoms with Crippen molar-refractivity contribution >= 4 is 34.4 Å². The van der Waals surface area contributed by atoms with Crippen LogP contribution >= 0.6 is 23.6 Å². The number of hydrogen-bond donors (Lipinski definition) is 1. The first-order valence-corrected chi connectivity index (χ1v) is 9.08.